The Kier molecular flexibility index (Phi) is 43.3. The number of nitrogens with two attached hydrogens (primary N) is 1. The van der Waals surface area contributed by atoms with Crippen molar-refractivity contribution in [2.24, 2.45) is 0 Å². The minimum atomic E-state index is -4.02. The average molecular weight is 1950 g/mol. The molecule has 18 aromatic rings. The number of aromatic nitrogens is 17. The average Bonchev–Trinajstić information content (AvgIpc) is 1.09. The monoisotopic (exact) mass is 1950 g/mol. The van der Waals surface area contributed by atoms with Crippen molar-refractivity contribution < 1.29 is 127 Å². The van der Waals surface area contributed by atoms with Crippen LogP contribution >= 0.6 is 0 Å². The quantitative estimate of drug-likeness (QED) is 0.0224. The molecule has 0 bridgehead atoms. The Bertz CT molecular complexity index is 7140. The molecule has 0 radical (unpaired) electrons. The number of hydrogen-bond acceptors (Lipinski definition) is 27. The van der Waals surface area contributed by atoms with Gasteiger partial charge in [0.2, 0.25) is 0 Å². The molecule has 135 heavy (non-hydrogen) atoms. The van der Waals surface area contributed by atoms with Crippen LogP contribution in [0.2, 0.25) is 0 Å². The number of carboxylic acids is 1. The number of amides is 1. The summed E-state index contributed by atoms with van der Waals surface area (Å²) in [5.74, 6) is -2.35. The van der Waals surface area contributed by atoms with Crippen molar-refractivity contribution in [2.45, 2.75) is 32.1 Å². The number of methoxy groups -OCH3 is 4. The molecule has 1 aliphatic heterocycles. The molecule has 694 valence electrons. The van der Waals surface area contributed by atoms with E-state index in [2.05, 4.69) is 74.0 Å². The first-order valence-corrected chi connectivity index (χ1v) is 40.8. The minimum absolute atomic E-state index is 0. The molecule has 0 saturated carbocycles. The van der Waals surface area contributed by atoms with Crippen molar-refractivity contribution in [2.75, 3.05) is 86.0 Å². The van der Waals surface area contributed by atoms with E-state index in [1.165, 1.54) is 92.5 Å². The van der Waals surface area contributed by atoms with Gasteiger partial charge in [-0.1, -0.05) is 17.7 Å². The summed E-state index contributed by atoms with van der Waals surface area (Å²) in [6, 6.07) is 39.3. The van der Waals surface area contributed by atoms with E-state index in [0.29, 0.717) is 56.5 Å². The molecule has 1 aromatic carbocycles. The Morgan fingerprint density at radius 3 is 1.32 bits per heavy atom. The Morgan fingerprint density at radius 1 is 0.519 bits per heavy atom. The van der Waals surface area contributed by atoms with Crippen molar-refractivity contribution in [3.63, 3.8) is 0 Å². The van der Waals surface area contributed by atoms with Gasteiger partial charge >= 0.3 is 70.7 Å². The summed E-state index contributed by atoms with van der Waals surface area (Å²) in [5, 5.41) is 13.2. The van der Waals surface area contributed by atoms with Crippen LogP contribution in [0.1, 0.15) is 68.7 Å². The van der Waals surface area contributed by atoms with E-state index in [1.54, 1.807) is 157 Å². The molecule has 0 atom stereocenters. The number of nitrogens with zero attached hydrogens (tertiary/aromatic N) is 19. The number of esters is 1. The summed E-state index contributed by atoms with van der Waals surface area (Å²) in [6.07, 6.45) is 35.1. The summed E-state index contributed by atoms with van der Waals surface area (Å²) in [6.45, 7) is 9.97. The van der Waals surface area contributed by atoms with Crippen LogP contribution in [0.25, 0.3) is 67.7 Å². The van der Waals surface area contributed by atoms with Crippen molar-refractivity contribution in [3.05, 3.63) is 343 Å². The van der Waals surface area contributed by atoms with Crippen molar-refractivity contribution in [1.82, 2.24) is 90.4 Å². The molecule has 1 aliphatic rings. The smallest absolute Gasteiger partial charge is 1.00 e. The molecule has 44 heteroatoms. The number of anilines is 2. The summed E-state index contributed by atoms with van der Waals surface area (Å²) in [4.78, 5) is 135. The Labute approximate surface area is 821 Å². The van der Waals surface area contributed by atoms with Gasteiger partial charge in [-0.25, -0.2) is 68.3 Å². The van der Waals surface area contributed by atoms with Gasteiger partial charge in [-0.2, -0.15) is 8.42 Å². The van der Waals surface area contributed by atoms with E-state index in [4.69, 9.17) is 20.2 Å². The molecule has 1 saturated heterocycles. The Hall–Kier alpha value is -14.3. The van der Waals surface area contributed by atoms with Gasteiger partial charge < -0.3 is 92.2 Å². The number of Topliss-reactive ketones (excluding diaryl/α,β-unsaturated/α-hetero) is 2. The molecule has 19 rings (SSSR count). The van der Waals surface area contributed by atoms with Crippen LogP contribution in [0.15, 0.2) is 290 Å². The minimum Gasteiger partial charge on any atom is -1.00 e. The number of ketones is 2. The second-order valence-corrected chi connectivity index (χ2v) is 28.9. The molecule has 0 unspecified atom stereocenters. The number of aryl methyl sites for hydroxylation is 1. The first kappa shape index (κ1) is 109. The largest absolute Gasteiger partial charge is 2.00 e. The maximum absolute atomic E-state index is 13.2. The number of nitrogen functional groups attached to an aromatic ring is 1. The predicted molar refractivity (Wildman–Crippen MR) is 494 cm³/mol. The molecule has 5 N–H and O–H groups in total. The van der Waals surface area contributed by atoms with Gasteiger partial charge in [0.15, 0.2) is 11.6 Å². The number of carboxylic acid groups (broad SMARTS) is 1. The topological polar surface area (TPSA) is 453 Å². The van der Waals surface area contributed by atoms with Crippen LogP contribution in [-0.4, -0.2) is 237 Å². The van der Waals surface area contributed by atoms with E-state index in [-0.39, 0.29) is 130 Å². The number of pyridine rings is 9. The van der Waals surface area contributed by atoms with Gasteiger partial charge in [0.1, 0.15) is 69.1 Å². The van der Waals surface area contributed by atoms with Crippen LogP contribution in [-0.2, 0) is 38.7 Å². The fraction of sp³-hybridized carbons (Fsp3) is 0.165. The van der Waals surface area contributed by atoms with Crippen molar-refractivity contribution in [1.29, 1.82) is 0 Å². The number of benzene rings is 1. The van der Waals surface area contributed by atoms with Gasteiger partial charge in [0.25, 0.3) is 27.1 Å². The summed E-state index contributed by atoms with van der Waals surface area (Å²) in [7, 11) is 4.45. The van der Waals surface area contributed by atoms with E-state index < -0.39 is 34.0 Å². The van der Waals surface area contributed by atoms with Crippen LogP contribution in [0.4, 0.5) is 25.1 Å². The molecular formula is C91H93BrF2MgN21NaO17S. The Balaban J connectivity index is 0.000000275. The maximum atomic E-state index is 13.2. The second kappa shape index (κ2) is 53.4. The fourth-order valence-corrected chi connectivity index (χ4v) is 12.2. The number of piperazine rings is 1. The number of nitrogens with one attached hydrogen (secondary N) is 1. The van der Waals surface area contributed by atoms with E-state index >= 15 is 0 Å². The standard InChI is InChI=1S/C19H18N6O.C15H9FN4O.C11H10N2O3.C10H11N3O2.C9H8N2O.C8H6N2O2.C7H8O3S.C5H5FN2.C3H6O3.C3H8O.CH3.BrH.Mg.Na.H/c26-19-12-16(14-3-7-24-10-6-21-18(24)11-14)22-17-2-1-15(13-25(17)19)23-8-4-20-5-9-23;16-11-1-2-13-18-12(8-15(21)20(13)9-11)10-3-5-19-6-4-17-14(19)7-10;1-16-11(15)7-9(14)8-2-4-13-5-3-12-10(13)6-8;1-12(15-2)10(14)8-3-5-13-6-4-11-9(13)7-8;1-7(12)8-2-4-11-5-3-10-9(11)6-8;11-8(12)6-1-3-10-4-2-9-7(10)5-6;1-6-2-4-7(5-3-6)11(8,9)10;6-4-1-2-5(7)8-3-4;1-5-3(4)6-2;1-3-4-2;;;;;/h1-3,6-7,10-13,20H,4-5,8-9H2;1-9H;2-6H,7H2,1H3;3-7H,1-2H3;2-6H,1H3;1-5H,(H,11,12);2-5H,1H3,(H,8,9,10);1-3H,(H2,7,8);1-2H3;3H2,1-2H3;1H3;1H;;;/q;;;;;;;;;;-1;;+2;+1;-1/p-1. The molecule has 0 spiro atoms. The normalized spacial score (nSPS) is 10.9. The van der Waals surface area contributed by atoms with Gasteiger partial charge in [-0.15, -0.1) is 0 Å². The molecule has 17 aromatic heterocycles. The number of carbonyl (C=O) groups excluding carboxylic acids is 5. The summed E-state index contributed by atoms with van der Waals surface area (Å²) < 4.78 is 85.6. The zero-order valence-electron chi connectivity index (χ0n) is 76.1. The third kappa shape index (κ3) is 31.7. The van der Waals surface area contributed by atoms with Gasteiger partial charge in [-0.05, 0) is 142 Å². The van der Waals surface area contributed by atoms with Crippen molar-refractivity contribution >= 4 is 125 Å². The van der Waals surface area contributed by atoms with Gasteiger partial charge in [-0.3, -0.25) is 47.0 Å². The maximum Gasteiger partial charge on any atom is 2.00 e. The number of ether oxygens (including phenoxy) is 4. The van der Waals surface area contributed by atoms with Crippen LogP contribution in [0, 0.1) is 26.0 Å². The van der Waals surface area contributed by atoms with Gasteiger partial charge in [0, 0.05) is 211 Å². The van der Waals surface area contributed by atoms with E-state index in [0.717, 1.165) is 90.1 Å². The number of hydrogen-bond donors (Lipinski definition) is 4. The summed E-state index contributed by atoms with van der Waals surface area (Å²) in [5.41, 5.74) is 17.1. The number of rotatable bonds is 12. The SMILES string of the molecule is CC(=O)c1ccn2ccnc2c1.CCOC.COC(=O)CC(=O)c1ccn2ccnc2c1.COC(=O)OC.CON(C)C(=O)c1ccn2ccnc2c1.Cc1ccc(S(=O)(=O)O)cc1.Nc1ccc(F)cn1.O=C(O)c1ccn2ccnc2c1.O=c1cc(-c2ccn3ccnc3c2)nc2ccc(F)cn12.O=c1cc(-c2ccn3ccnc3c2)nc2ccc(N3CCNCC3)cn12.[Br-].[CH3-].[H-].[Mg+2].[Na+]. The molecular weight excluding hydrogens is 1860 g/mol. The number of hydroxylamine groups is 2. The molecule has 1 fully saturated rings. The first-order valence-electron chi connectivity index (χ1n) is 39.4. The third-order valence-electron chi connectivity index (χ3n) is 18.7. The number of carbonyl (C=O) groups is 6. The zero-order valence-corrected chi connectivity index (χ0v) is 80.9. The summed E-state index contributed by atoms with van der Waals surface area (Å²) >= 11 is 0. The van der Waals surface area contributed by atoms with E-state index in [9.17, 15) is 55.6 Å². The van der Waals surface area contributed by atoms with Crippen LogP contribution < -0.4 is 73.6 Å². The fourth-order valence-electron chi connectivity index (χ4n) is 11.8. The number of fused-ring (bicyclic) bond motifs is 8. The molecule has 0 aliphatic carbocycles. The number of aromatic carboxylic acids is 1. The molecule has 38 nitrogen and oxygen atoms in total. The van der Waals surface area contributed by atoms with E-state index in [1.807, 2.05) is 117 Å². The number of halogens is 3. The Morgan fingerprint density at radius 2 is 0.919 bits per heavy atom. The first-order chi connectivity index (χ1) is 63.0. The predicted octanol–water partition coefficient (Wildman–Crippen LogP) is 5.47. The van der Waals surface area contributed by atoms with Crippen LogP contribution in [0.5, 0.6) is 0 Å². The van der Waals surface area contributed by atoms with Crippen LogP contribution in [0.3, 0.4) is 0 Å². The van der Waals surface area contributed by atoms with Gasteiger partial charge in [0.05, 0.1) is 62.2 Å². The molecule has 1 amide bonds. The molecule has 18 heterocycles. The zero-order chi connectivity index (χ0) is 94.3. The number of imidazole rings is 6. The third-order valence-corrected chi connectivity index (χ3v) is 19.6. The second-order valence-electron chi connectivity index (χ2n) is 27.5. The van der Waals surface area contributed by atoms with Crippen molar-refractivity contribution in [3.8, 4) is 22.5 Å².